The first kappa shape index (κ1) is 26.0. The first-order valence-corrected chi connectivity index (χ1v) is 12.0. The molecule has 4 nitrogen and oxygen atoms in total. The molecule has 7 heteroatoms. The Hall–Kier alpha value is -1.28. The molecule has 0 aliphatic heterocycles. The van der Waals surface area contributed by atoms with Crippen LogP contribution in [-0.2, 0) is 4.74 Å². The summed E-state index contributed by atoms with van der Waals surface area (Å²) in [7, 11) is 0. The van der Waals surface area contributed by atoms with Crippen LogP contribution in [0.15, 0.2) is 55.1 Å². The molecule has 0 saturated carbocycles. The van der Waals surface area contributed by atoms with E-state index in [9.17, 15) is 4.79 Å². The number of hydrogen-bond acceptors (Lipinski definition) is 3. The number of anilines is 1. The summed E-state index contributed by atoms with van der Waals surface area (Å²) in [6, 6.07) is 13.6. The van der Waals surface area contributed by atoms with Gasteiger partial charge in [0.05, 0.1) is 5.69 Å². The highest BCUT2D eigenvalue weighted by molar-refractivity contribution is 14.1. The molecule has 31 heavy (non-hydrogen) atoms. The van der Waals surface area contributed by atoms with E-state index in [2.05, 4.69) is 58.8 Å². The first-order chi connectivity index (χ1) is 14.6. The van der Waals surface area contributed by atoms with Crippen LogP contribution in [-0.4, -0.2) is 31.3 Å². The SMILES string of the molecule is C=CCC(CNCCN(C(=O)OC(C)(C)C)c1cc(Cl)cc(Cl)c1)c1ccc(I)cc1. The van der Waals surface area contributed by atoms with Crippen LogP contribution in [0, 0.1) is 3.57 Å². The van der Waals surface area contributed by atoms with Crippen LogP contribution in [0.2, 0.25) is 10.0 Å². The highest BCUT2D eigenvalue weighted by Gasteiger charge is 2.24. The smallest absolute Gasteiger partial charge is 0.414 e. The molecule has 2 aromatic carbocycles. The van der Waals surface area contributed by atoms with Crippen molar-refractivity contribution >= 4 is 57.6 Å². The van der Waals surface area contributed by atoms with Crippen LogP contribution in [0.1, 0.15) is 38.7 Å². The third-order valence-corrected chi connectivity index (χ3v) is 5.62. The van der Waals surface area contributed by atoms with Crippen molar-refractivity contribution in [3.8, 4) is 0 Å². The van der Waals surface area contributed by atoms with Gasteiger partial charge in [0.1, 0.15) is 5.60 Å². The van der Waals surface area contributed by atoms with E-state index in [1.165, 1.54) is 9.13 Å². The lowest BCUT2D eigenvalue weighted by Gasteiger charge is -2.28. The molecule has 0 heterocycles. The van der Waals surface area contributed by atoms with E-state index in [1.807, 2.05) is 26.8 Å². The lowest BCUT2D eigenvalue weighted by molar-refractivity contribution is 0.0580. The molecule has 0 aliphatic rings. The summed E-state index contributed by atoms with van der Waals surface area (Å²) in [4.78, 5) is 14.4. The molecule has 0 aliphatic carbocycles. The summed E-state index contributed by atoms with van der Waals surface area (Å²) in [5.41, 5.74) is 1.26. The van der Waals surface area contributed by atoms with Gasteiger partial charge in [-0.1, -0.05) is 41.4 Å². The highest BCUT2D eigenvalue weighted by atomic mass is 127. The lowest BCUT2D eigenvalue weighted by Crippen LogP contribution is -2.41. The highest BCUT2D eigenvalue weighted by Crippen LogP contribution is 2.27. The number of amides is 1. The third kappa shape index (κ3) is 9.00. The number of ether oxygens (including phenoxy) is 1. The zero-order chi connectivity index (χ0) is 23.0. The van der Waals surface area contributed by atoms with Gasteiger partial charge in [0.2, 0.25) is 0 Å². The topological polar surface area (TPSA) is 41.6 Å². The van der Waals surface area contributed by atoms with Gasteiger partial charge in [-0.15, -0.1) is 6.58 Å². The van der Waals surface area contributed by atoms with Gasteiger partial charge in [-0.3, -0.25) is 4.90 Å². The van der Waals surface area contributed by atoms with Crippen molar-refractivity contribution in [2.45, 2.75) is 38.7 Å². The van der Waals surface area contributed by atoms with E-state index in [0.717, 1.165) is 13.0 Å². The molecule has 0 fully saturated rings. The van der Waals surface area contributed by atoms with Gasteiger partial charge in [-0.2, -0.15) is 0 Å². The average molecular weight is 575 g/mol. The molecule has 0 aromatic heterocycles. The maximum atomic E-state index is 12.8. The Morgan fingerprint density at radius 3 is 2.35 bits per heavy atom. The Labute approximate surface area is 209 Å². The Morgan fingerprint density at radius 2 is 1.81 bits per heavy atom. The second-order valence-corrected chi connectivity index (χ2v) is 10.4. The summed E-state index contributed by atoms with van der Waals surface area (Å²) in [6.07, 6.45) is 2.37. The van der Waals surface area contributed by atoms with E-state index in [1.54, 1.807) is 23.1 Å². The maximum absolute atomic E-state index is 12.8. The van der Waals surface area contributed by atoms with E-state index in [0.29, 0.717) is 34.7 Å². The van der Waals surface area contributed by atoms with Gasteiger partial charge >= 0.3 is 6.09 Å². The molecule has 1 unspecified atom stereocenters. The minimum atomic E-state index is -0.606. The van der Waals surface area contributed by atoms with Crippen molar-refractivity contribution in [3.63, 3.8) is 0 Å². The summed E-state index contributed by atoms with van der Waals surface area (Å²) >= 11 is 14.6. The van der Waals surface area contributed by atoms with Gasteiger partial charge < -0.3 is 10.1 Å². The van der Waals surface area contributed by atoms with Crippen molar-refractivity contribution in [1.29, 1.82) is 0 Å². The van der Waals surface area contributed by atoms with Crippen LogP contribution >= 0.6 is 45.8 Å². The van der Waals surface area contributed by atoms with Crippen molar-refractivity contribution < 1.29 is 9.53 Å². The number of allylic oxidation sites excluding steroid dienone is 1. The second kappa shape index (κ2) is 12.1. The zero-order valence-electron chi connectivity index (χ0n) is 18.1. The average Bonchev–Trinajstić information content (AvgIpc) is 2.65. The van der Waals surface area contributed by atoms with Crippen molar-refractivity contribution in [2.75, 3.05) is 24.5 Å². The fourth-order valence-corrected chi connectivity index (χ4v) is 3.95. The number of hydrogen-bond donors (Lipinski definition) is 1. The molecule has 0 radical (unpaired) electrons. The molecule has 2 aromatic rings. The van der Waals surface area contributed by atoms with Gasteiger partial charge in [0.15, 0.2) is 0 Å². The fraction of sp³-hybridized carbons (Fsp3) is 0.375. The molecule has 168 valence electrons. The number of nitrogens with one attached hydrogen (secondary N) is 1. The van der Waals surface area contributed by atoms with Gasteiger partial charge in [0.25, 0.3) is 0 Å². The van der Waals surface area contributed by atoms with Crippen LogP contribution in [0.5, 0.6) is 0 Å². The number of rotatable bonds is 9. The number of nitrogens with zero attached hydrogens (tertiary/aromatic N) is 1. The maximum Gasteiger partial charge on any atom is 0.414 e. The van der Waals surface area contributed by atoms with Gasteiger partial charge in [0, 0.05) is 33.2 Å². The third-order valence-electron chi connectivity index (χ3n) is 4.47. The van der Waals surface area contributed by atoms with E-state index < -0.39 is 11.7 Å². The summed E-state index contributed by atoms with van der Waals surface area (Å²) in [6.45, 7) is 11.2. The van der Waals surface area contributed by atoms with Crippen LogP contribution in [0.4, 0.5) is 10.5 Å². The molecule has 1 amide bonds. The summed E-state index contributed by atoms with van der Waals surface area (Å²) in [5, 5.41) is 4.40. The second-order valence-electron chi connectivity index (χ2n) is 8.24. The Kier molecular flexibility index (Phi) is 10.1. The normalized spacial score (nSPS) is 12.3. The van der Waals surface area contributed by atoms with E-state index in [4.69, 9.17) is 27.9 Å². The summed E-state index contributed by atoms with van der Waals surface area (Å²) in [5.74, 6) is 0.310. The van der Waals surface area contributed by atoms with Crippen molar-refractivity contribution in [2.24, 2.45) is 0 Å². The van der Waals surface area contributed by atoms with Gasteiger partial charge in [-0.25, -0.2) is 4.79 Å². The summed E-state index contributed by atoms with van der Waals surface area (Å²) < 4.78 is 6.80. The lowest BCUT2D eigenvalue weighted by atomic mass is 9.96. The molecule has 1 N–H and O–H groups in total. The Morgan fingerprint density at radius 1 is 1.19 bits per heavy atom. The molecular weight excluding hydrogens is 546 g/mol. The first-order valence-electron chi connectivity index (χ1n) is 10.1. The molecule has 1 atom stereocenters. The van der Waals surface area contributed by atoms with Crippen LogP contribution < -0.4 is 10.2 Å². The van der Waals surface area contributed by atoms with E-state index >= 15 is 0 Å². The standard InChI is InChI=1S/C24H29Cl2IN2O2/c1-5-6-18(17-7-9-21(27)10-8-17)16-28-11-12-29(23(30)31-24(2,3)4)22-14-19(25)13-20(26)15-22/h5,7-10,13-15,18,28H,1,6,11-12,16H2,2-4H3. The fourth-order valence-electron chi connectivity index (χ4n) is 3.08. The zero-order valence-corrected chi connectivity index (χ0v) is 21.8. The van der Waals surface area contributed by atoms with Crippen LogP contribution in [0.3, 0.4) is 0 Å². The van der Waals surface area contributed by atoms with E-state index in [-0.39, 0.29) is 0 Å². The quantitative estimate of drug-likeness (QED) is 0.194. The molecule has 0 spiro atoms. The molecule has 2 rings (SSSR count). The number of halogens is 3. The minimum Gasteiger partial charge on any atom is -0.443 e. The predicted molar refractivity (Wildman–Crippen MR) is 140 cm³/mol. The monoisotopic (exact) mass is 574 g/mol. The number of carbonyl (C=O) groups is 1. The Balaban J connectivity index is 2.07. The molecule has 0 bridgehead atoms. The molecule has 0 saturated heterocycles. The van der Waals surface area contributed by atoms with Gasteiger partial charge in [-0.05, 0) is 91.6 Å². The minimum absolute atomic E-state index is 0.310. The van der Waals surface area contributed by atoms with Crippen molar-refractivity contribution in [3.05, 3.63) is 74.3 Å². The Bertz CT molecular complexity index is 862. The number of carbonyl (C=O) groups excluding carboxylic acids is 1. The van der Waals surface area contributed by atoms with Crippen molar-refractivity contribution in [1.82, 2.24) is 5.32 Å². The largest absolute Gasteiger partial charge is 0.443 e. The van der Waals surface area contributed by atoms with Crippen LogP contribution in [0.25, 0.3) is 0 Å². The number of benzene rings is 2. The molecular formula is C24H29Cl2IN2O2. The predicted octanol–water partition coefficient (Wildman–Crippen LogP) is 7.29.